The largest absolute Gasteiger partial charge is 0.395 e. The number of H-pyrrole nitrogens is 1. The predicted octanol–water partition coefficient (Wildman–Crippen LogP) is 3.96. The van der Waals surface area contributed by atoms with Gasteiger partial charge in [0, 0.05) is 36.7 Å². The number of likely N-dealkylation sites (tertiary alicyclic amines) is 1. The molecule has 2 aromatic heterocycles. The molecule has 1 fully saturated rings. The fourth-order valence-electron chi connectivity index (χ4n) is 4.82. The number of fused-ring (bicyclic) bond motifs is 2. The summed E-state index contributed by atoms with van der Waals surface area (Å²) in [5.74, 6) is 0.711. The third kappa shape index (κ3) is 3.93. The van der Waals surface area contributed by atoms with E-state index in [9.17, 15) is 5.11 Å². The van der Waals surface area contributed by atoms with Gasteiger partial charge >= 0.3 is 0 Å². The second-order valence-corrected chi connectivity index (χ2v) is 8.37. The van der Waals surface area contributed by atoms with Crippen molar-refractivity contribution < 1.29 is 5.11 Å². The summed E-state index contributed by atoms with van der Waals surface area (Å²) >= 11 is 0. The first-order chi connectivity index (χ1) is 14.3. The molecule has 2 N–H and O–H groups in total. The van der Waals surface area contributed by atoms with Gasteiger partial charge < -0.3 is 9.67 Å². The molecule has 5 nitrogen and oxygen atoms in total. The summed E-state index contributed by atoms with van der Waals surface area (Å²) in [6.45, 7) is 4.18. The van der Waals surface area contributed by atoms with Crippen molar-refractivity contribution in [1.82, 2.24) is 19.7 Å². The van der Waals surface area contributed by atoms with Gasteiger partial charge in [-0.25, -0.2) is 0 Å². The van der Waals surface area contributed by atoms with E-state index in [4.69, 9.17) is 0 Å². The highest BCUT2D eigenvalue weighted by Gasteiger charge is 2.20. The van der Waals surface area contributed by atoms with Crippen LogP contribution in [0.15, 0.2) is 54.9 Å². The number of benzene rings is 2. The van der Waals surface area contributed by atoms with Gasteiger partial charge in [-0.15, -0.1) is 0 Å². The molecule has 4 aromatic rings. The van der Waals surface area contributed by atoms with Crippen molar-refractivity contribution in [2.24, 2.45) is 5.92 Å². The third-order valence-electron chi connectivity index (χ3n) is 6.21. The van der Waals surface area contributed by atoms with Crippen LogP contribution in [-0.4, -0.2) is 44.5 Å². The minimum absolute atomic E-state index is 0.175. The number of rotatable bonds is 6. The van der Waals surface area contributed by atoms with Crippen molar-refractivity contribution in [3.05, 3.63) is 66.0 Å². The van der Waals surface area contributed by atoms with Crippen LogP contribution >= 0.6 is 0 Å². The van der Waals surface area contributed by atoms with E-state index in [0.717, 1.165) is 25.0 Å². The van der Waals surface area contributed by atoms with E-state index in [-0.39, 0.29) is 6.61 Å². The molecule has 1 unspecified atom stereocenters. The van der Waals surface area contributed by atoms with Gasteiger partial charge in [-0.1, -0.05) is 12.1 Å². The highest BCUT2D eigenvalue weighted by molar-refractivity contribution is 5.81. The lowest BCUT2D eigenvalue weighted by molar-refractivity contribution is 0.167. The van der Waals surface area contributed by atoms with Crippen molar-refractivity contribution in [2.75, 3.05) is 19.7 Å². The lowest BCUT2D eigenvalue weighted by Crippen LogP contribution is -2.35. The molecule has 5 heteroatoms. The van der Waals surface area contributed by atoms with Gasteiger partial charge in [0.05, 0.1) is 18.3 Å². The predicted molar refractivity (Wildman–Crippen MR) is 117 cm³/mol. The van der Waals surface area contributed by atoms with E-state index in [2.05, 4.69) is 68.3 Å². The third-order valence-corrected chi connectivity index (χ3v) is 6.21. The molecule has 29 heavy (non-hydrogen) atoms. The van der Waals surface area contributed by atoms with E-state index >= 15 is 0 Å². The van der Waals surface area contributed by atoms with Gasteiger partial charge in [0.25, 0.3) is 0 Å². The molecule has 0 radical (unpaired) electrons. The second kappa shape index (κ2) is 8.01. The van der Waals surface area contributed by atoms with Crippen molar-refractivity contribution in [3.8, 4) is 0 Å². The molecule has 2 aromatic carbocycles. The molecule has 5 rings (SSSR count). The number of nitrogens with one attached hydrogen (secondary N) is 1. The number of hydrogen-bond donors (Lipinski definition) is 2. The van der Waals surface area contributed by atoms with E-state index in [1.54, 1.807) is 0 Å². The Morgan fingerprint density at radius 2 is 1.97 bits per heavy atom. The molecule has 0 amide bonds. The Hall–Kier alpha value is -2.63. The molecule has 0 spiro atoms. The van der Waals surface area contributed by atoms with Crippen LogP contribution in [0.3, 0.4) is 0 Å². The van der Waals surface area contributed by atoms with Gasteiger partial charge in [-0.05, 0) is 78.6 Å². The second-order valence-electron chi connectivity index (χ2n) is 8.37. The molecule has 1 atom stereocenters. The van der Waals surface area contributed by atoms with Crippen LogP contribution < -0.4 is 0 Å². The molecule has 1 aliphatic rings. The molecule has 1 aliphatic heterocycles. The van der Waals surface area contributed by atoms with Crippen LogP contribution in [-0.2, 0) is 19.5 Å². The Labute approximate surface area is 171 Å². The van der Waals surface area contributed by atoms with Crippen molar-refractivity contribution in [1.29, 1.82) is 0 Å². The van der Waals surface area contributed by atoms with E-state index < -0.39 is 0 Å². The first kappa shape index (κ1) is 18.4. The average Bonchev–Trinajstić information content (AvgIpc) is 3.35. The van der Waals surface area contributed by atoms with E-state index in [0.29, 0.717) is 12.5 Å². The number of hydrogen-bond acceptors (Lipinski definition) is 3. The zero-order valence-corrected chi connectivity index (χ0v) is 16.7. The summed E-state index contributed by atoms with van der Waals surface area (Å²) in [6, 6.07) is 15.6. The summed E-state index contributed by atoms with van der Waals surface area (Å²) in [7, 11) is 0. The number of aromatic nitrogens is 3. The van der Waals surface area contributed by atoms with Crippen LogP contribution in [0, 0.1) is 5.92 Å². The first-order valence-electron chi connectivity index (χ1n) is 10.6. The highest BCUT2D eigenvalue weighted by Crippen LogP contribution is 2.25. The zero-order chi connectivity index (χ0) is 19.6. The van der Waals surface area contributed by atoms with Crippen molar-refractivity contribution in [2.45, 2.75) is 32.4 Å². The first-order valence-corrected chi connectivity index (χ1v) is 10.6. The monoisotopic (exact) mass is 388 g/mol. The number of nitrogens with zero attached hydrogens (tertiary/aromatic N) is 3. The zero-order valence-electron chi connectivity index (χ0n) is 16.7. The number of aromatic amines is 1. The number of aliphatic hydroxyl groups is 1. The minimum Gasteiger partial charge on any atom is -0.395 e. The maximum absolute atomic E-state index is 9.21. The summed E-state index contributed by atoms with van der Waals surface area (Å²) < 4.78 is 2.12. The lowest BCUT2D eigenvalue weighted by atomic mass is 9.90. The van der Waals surface area contributed by atoms with E-state index in [1.165, 1.54) is 46.8 Å². The standard InChI is InChI=1S/C24H28N4O/c29-11-10-28-9-7-21-14-20(4-6-24(21)28)17-27-8-1-2-19(16-27)12-18-3-5-23-22(13-18)15-25-26-23/h3-7,9,13-15,19,29H,1-2,8,10-12,16-17H2,(H,25,26). The lowest BCUT2D eigenvalue weighted by Gasteiger charge is -2.33. The Bertz CT molecular complexity index is 1110. The van der Waals surface area contributed by atoms with Gasteiger partial charge in [0.15, 0.2) is 0 Å². The van der Waals surface area contributed by atoms with Gasteiger partial charge in [0.2, 0.25) is 0 Å². The van der Waals surface area contributed by atoms with Gasteiger partial charge in [-0.2, -0.15) is 5.10 Å². The summed E-state index contributed by atoms with van der Waals surface area (Å²) in [6.07, 6.45) is 7.70. The fraction of sp³-hybridized carbons (Fsp3) is 0.375. The van der Waals surface area contributed by atoms with E-state index in [1.807, 2.05) is 6.20 Å². The summed E-state index contributed by atoms with van der Waals surface area (Å²) in [5, 5.41) is 18.8. The molecule has 150 valence electrons. The van der Waals surface area contributed by atoms with Gasteiger partial charge in [0.1, 0.15) is 0 Å². The van der Waals surface area contributed by atoms with Crippen LogP contribution in [0.4, 0.5) is 0 Å². The maximum Gasteiger partial charge on any atom is 0.0650 e. The van der Waals surface area contributed by atoms with Crippen molar-refractivity contribution in [3.63, 3.8) is 0 Å². The Balaban J connectivity index is 1.25. The normalized spacial score (nSPS) is 18.0. The average molecular weight is 389 g/mol. The molecule has 1 saturated heterocycles. The Morgan fingerprint density at radius 3 is 2.90 bits per heavy atom. The molecule has 0 saturated carbocycles. The number of piperidine rings is 1. The quantitative estimate of drug-likeness (QED) is 0.526. The van der Waals surface area contributed by atoms with Gasteiger partial charge in [-0.3, -0.25) is 10.00 Å². The van der Waals surface area contributed by atoms with Crippen LogP contribution in [0.1, 0.15) is 24.0 Å². The van der Waals surface area contributed by atoms with Crippen LogP contribution in [0.2, 0.25) is 0 Å². The SMILES string of the molecule is OCCn1ccc2cc(CN3CCCC(Cc4ccc5[nH]ncc5c4)C3)ccc21. The smallest absolute Gasteiger partial charge is 0.0650 e. The minimum atomic E-state index is 0.175. The molecule has 0 aliphatic carbocycles. The van der Waals surface area contributed by atoms with Crippen molar-refractivity contribution >= 4 is 21.8 Å². The maximum atomic E-state index is 9.21. The Morgan fingerprint density at radius 1 is 1.07 bits per heavy atom. The Kier molecular flexibility index (Phi) is 5.08. The summed E-state index contributed by atoms with van der Waals surface area (Å²) in [4.78, 5) is 2.61. The topological polar surface area (TPSA) is 57.1 Å². The molecule has 0 bridgehead atoms. The molecular weight excluding hydrogens is 360 g/mol. The summed E-state index contributed by atoms with van der Waals surface area (Å²) in [5.41, 5.74) is 5.10. The molecule has 3 heterocycles. The highest BCUT2D eigenvalue weighted by atomic mass is 16.3. The van der Waals surface area contributed by atoms with Crippen LogP contribution in [0.25, 0.3) is 21.8 Å². The molecular formula is C24H28N4O. The number of aliphatic hydroxyl groups excluding tert-OH is 1. The fourth-order valence-corrected chi connectivity index (χ4v) is 4.82. The van der Waals surface area contributed by atoms with Crippen LogP contribution in [0.5, 0.6) is 0 Å².